The lowest BCUT2D eigenvalue weighted by atomic mass is 9.98. The molecule has 5 rings (SSSR count). The Balaban J connectivity index is 1.28. The summed E-state index contributed by atoms with van der Waals surface area (Å²) in [6, 6.07) is 14.9. The second kappa shape index (κ2) is 8.53. The summed E-state index contributed by atoms with van der Waals surface area (Å²) in [6.45, 7) is 3.16. The van der Waals surface area contributed by atoms with E-state index in [0.717, 1.165) is 22.3 Å². The molecule has 0 radical (unpaired) electrons. The van der Waals surface area contributed by atoms with Crippen molar-refractivity contribution in [2.45, 2.75) is 44.4 Å². The third-order valence-electron chi connectivity index (χ3n) is 6.59. The highest BCUT2D eigenvalue weighted by Crippen LogP contribution is 2.44. The monoisotopic (exact) mass is 475 g/mol. The number of nitrogens with one attached hydrogen (secondary N) is 1. The molecular formula is C25H25N5O5. The molecule has 35 heavy (non-hydrogen) atoms. The predicted octanol–water partition coefficient (Wildman–Crippen LogP) is 2.39. The van der Waals surface area contributed by atoms with Gasteiger partial charge in [0, 0.05) is 5.92 Å². The molecular weight excluding hydrogens is 450 g/mol. The third kappa shape index (κ3) is 4.01. The average Bonchev–Trinajstić information content (AvgIpc) is 3.43. The number of benzene rings is 2. The van der Waals surface area contributed by atoms with Gasteiger partial charge in [-0.25, -0.2) is 9.59 Å². The lowest BCUT2D eigenvalue weighted by Crippen LogP contribution is -2.61. The van der Waals surface area contributed by atoms with Crippen molar-refractivity contribution in [3.63, 3.8) is 0 Å². The number of carboxylic acids is 1. The van der Waals surface area contributed by atoms with Crippen molar-refractivity contribution in [3.05, 3.63) is 71.8 Å². The van der Waals surface area contributed by atoms with E-state index in [1.165, 1.54) is 25.1 Å². The maximum Gasteiger partial charge on any atom is 0.408 e. The fraction of sp³-hybridized carbons (Fsp3) is 0.320. The summed E-state index contributed by atoms with van der Waals surface area (Å²) >= 11 is 0. The maximum atomic E-state index is 13.3. The molecule has 2 aromatic carbocycles. The van der Waals surface area contributed by atoms with E-state index in [1.807, 2.05) is 48.5 Å². The van der Waals surface area contributed by atoms with Crippen molar-refractivity contribution in [2.75, 3.05) is 6.61 Å². The molecule has 2 aliphatic rings. The molecule has 10 nitrogen and oxygen atoms in total. The van der Waals surface area contributed by atoms with Crippen molar-refractivity contribution < 1.29 is 24.2 Å². The van der Waals surface area contributed by atoms with E-state index < -0.39 is 29.6 Å². The van der Waals surface area contributed by atoms with Gasteiger partial charge in [0.05, 0.1) is 13.1 Å². The second-order valence-corrected chi connectivity index (χ2v) is 9.26. The summed E-state index contributed by atoms with van der Waals surface area (Å²) in [5.41, 5.74) is 2.99. The van der Waals surface area contributed by atoms with E-state index in [2.05, 4.69) is 15.5 Å². The number of hydrogen-bond donors (Lipinski definition) is 2. The Labute approximate surface area is 201 Å². The van der Waals surface area contributed by atoms with Crippen LogP contribution >= 0.6 is 0 Å². The average molecular weight is 476 g/mol. The van der Waals surface area contributed by atoms with Crippen LogP contribution in [0.1, 0.15) is 36.7 Å². The van der Waals surface area contributed by atoms with Crippen LogP contribution in [0.2, 0.25) is 0 Å². The number of amides is 2. The van der Waals surface area contributed by atoms with Crippen LogP contribution in [-0.4, -0.2) is 60.9 Å². The molecule has 0 bridgehead atoms. The van der Waals surface area contributed by atoms with Gasteiger partial charge in [0.15, 0.2) is 5.82 Å². The smallest absolute Gasteiger partial charge is 0.408 e. The molecule has 1 aliphatic heterocycles. The minimum atomic E-state index is -1.40. The van der Waals surface area contributed by atoms with Gasteiger partial charge in [-0.1, -0.05) is 48.5 Å². The number of ether oxygens (including phenoxy) is 1. The van der Waals surface area contributed by atoms with E-state index in [9.17, 15) is 19.5 Å². The number of aromatic nitrogens is 3. The van der Waals surface area contributed by atoms with Crippen LogP contribution < -0.4 is 5.32 Å². The van der Waals surface area contributed by atoms with Crippen molar-refractivity contribution in [2.24, 2.45) is 0 Å². The zero-order valence-electron chi connectivity index (χ0n) is 19.3. The van der Waals surface area contributed by atoms with Crippen LogP contribution in [0.25, 0.3) is 11.1 Å². The lowest BCUT2D eigenvalue weighted by Gasteiger charge is -2.38. The Hall–Kier alpha value is -4.21. The number of nitrogens with zero attached hydrogens (tertiary/aromatic N) is 4. The van der Waals surface area contributed by atoms with Gasteiger partial charge in [-0.2, -0.15) is 0 Å². The number of carbonyl (C=O) groups excluding carboxylic acids is 2. The van der Waals surface area contributed by atoms with Crippen LogP contribution in [0.5, 0.6) is 0 Å². The van der Waals surface area contributed by atoms with Crippen molar-refractivity contribution in [1.82, 2.24) is 25.0 Å². The van der Waals surface area contributed by atoms with E-state index in [1.54, 1.807) is 4.57 Å². The van der Waals surface area contributed by atoms with Crippen molar-refractivity contribution in [3.8, 4) is 11.1 Å². The molecule has 0 saturated carbocycles. The predicted molar refractivity (Wildman–Crippen MR) is 124 cm³/mol. The largest absolute Gasteiger partial charge is 0.480 e. The molecule has 1 atom stereocenters. The van der Waals surface area contributed by atoms with E-state index in [0.29, 0.717) is 5.82 Å². The lowest BCUT2D eigenvalue weighted by molar-refractivity contribution is -0.155. The first-order valence-corrected chi connectivity index (χ1v) is 11.3. The number of carbonyl (C=O) groups is 3. The van der Waals surface area contributed by atoms with E-state index in [-0.39, 0.29) is 25.6 Å². The highest BCUT2D eigenvalue weighted by Gasteiger charge is 2.42. The number of hydrogen-bond acceptors (Lipinski definition) is 6. The topological polar surface area (TPSA) is 127 Å². The molecule has 2 amide bonds. The summed E-state index contributed by atoms with van der Waals surface area (Å²) in [7, 11) is 0. The zero-order valence-corrected chi connectivity index (χ0v) is 19.3. The molecule has 1 unspecified atom stereocenters. The third-order valence-corrected chi connectivity index (χ3v) is 6.59. The highest BCUT2D eigenvalue weighted by atomic mass is 16.5. The maximum absolute atomic E-state index is 13.3. The van der Waals surface area contributed by atoms with Crippen LogP contribution in [0.15, 0.2) is 54.9 Å². The summed E-state index contributed by atoms with van der Waals surface area (Å²) in [6.07, 6.45) is 0.685. The second-order valence-electron chi connectivity index (χ2n) is 9.26. The fourth-order valence-electron chi connectivity index (χ4n) is 4.83. The molecule has 3 aromatic rings. The summed E-state index contributed by atoms with van der Waals surface area (Å²) in [5.74, 6) is -1.33. The molecule has 0 fully saturated rings. The Bertz CT molecular complexity index is 1270. The van der Waals surface area contributed by atoms with Crippen LogP contribution in [0.4, 0.5) is 4.79 Å². The normalized spacial score (nSPS) is 16.7. The quantitative estimate of drug-likeness (QED) is 0.580. The molecule has 1 aliphatic carbocycles. The Morgan fingerprint density at radius 1 is 1.09 bits per heavy atom. The minimum absolute atomic E-state index is 0.0222. The van der Waals surface area contributed by atoms with Gasteiger partial charge in [-0.3, -0.25) is 4.79 Å². The van der Waals surface area contributed by atoms with E-state index in [4.69, 9.17) is 4.74 Å². The van der Waals surface area contributed by atoms with Gasteiger partial charge in [0.2, 0.25) is 5.91 Å². The first-order chi connectivity index (χ1) is 16.8. The standard InChI is InChI=1S/C25H25N5O5/c1-25(2,23(33)30-12-21-28-26-14-29(21)11-20(30)22(31)32)27-24(34)35-13-19-17-9-5-3-7-15(17)16-8-4-6-10-18(16)19/h3-10,14,19-20H,11-13H2,1-2H3,(H,27,34)(H,31,32). The molecule has 2 N–H and O–H groups in total. The first kappa shape index (κ1) is 22.6. The van der Waals surface area contributed by atoms with Crippen LogP contribution in [0, 0.1) is 0 Å². The first-order valence-electron chi connectivity index (χ1n) is 11.3. The van der Waals surface area contributed by atoms with Gasteiger partial charge < -0.3 is 24.6 Å². The van der Waals surface area contributed by atoms with Crippen LogP contribution in [-0.2, 0) is 27.4 Å². The molecule has 1 aromatic heterocycles. The summed E-state index contributed by atoms with van der Waals surface area (Å²) in [5, 5.41) is 20.0. The van der Waals surface area contributed by atoms with Crippen molar-refractivity contribution in [1.29, 1.82) is 0 Å². The van der Waals surface area contributed by atoms with Crippen LogP contribution in [0.3, 0.4) is 0 Å². The Morgan fingerprint density at radius 3 is 2.34 bits per heavy atom. The van der Waals surface area contributed by atoms with Gasteiger partial charge in [0.25, 0.3) is 0 Å². The molecule has 10 heteroatoms. The van der Waals surface area contributed by atoms with Gasteiger partial charge in [0.1, 0.15) is 24.5 Å². The van der Waals surface area contributed by atoms with E-state index >= 15 is 0 Å². The Kier molecular flexibility index (Phi) is 5.50. The number of carboxylic acid groups (broad SMARTS) is 1. The molecule has 0 saturated heterocycles. The zero-order chi connectivity index (χ0) is 24.7. The summed E-state index contributed by atoms with van der Waals surface area (Å²) in [4.78, 5) is 39.1. The molecule has 2 heterocycles. The highest BCUT2D eigenvalue weighted by molar-refractivity contribution is 5.92. The SMILES string of the molecule is CC(C)(NC(=O)OCC1c2ccccc2-c2ccccc21)C(=O)N1Cc2nncn2CC1C(=O)O. The van der Waals surface area contributed by atoms with Gasteiger partial charge in [-0.15, -0.1) is 10.2 Å². The fourth-order valence-corrected chi connectivity index (χ4v) is 4.83. The number of aliphatic carboxylic acids is 1. The number of alkyl carbamates (subject to hydrolysis) is 1. The number of fused-ring (bicyclic) bond motifs is 4. The molecule has 0 spiro atoms. The van der Waals surface area contributed by atoms with Gasteiger partial charge in [-0.05, 0) is 36.1 Å². The number of rotatable bonds is 5. The minimum Gasteiger partial charge on any atom is -0.480 e. The molecule has 180 valence electrons. The van der Waals surface area contributed by atoms with Crippen molar-refractivity contribution >= 4 is 18.0 Å². The Morgan fingerprint density at radius 2 is 1.71 bits per heavy atom. The van der Waals surface area contributed by atoms with Gasteiger partial charge >= 0.3 is 12.1 Å². The summed E-state index contributed by atoms with van der Waals surface area (Å²) < 4.78 is 7.17.